The van der Waals surface area contributed by atoms with Crippen molar-refractivity contribution in [1.82, 2.24) is 5.32 Å². The Hall–Kier alpha value is -1.59. The Balaban J connectivity index is 2.78. The predicted molar refractivity (Wildman–Crippen MR) is 85.5 cm³/mol. The van der Waals surface area contributed by atoms with Gasteiger partial charge in [-0.3, -0.25) is 9.59 Å². The van der Waals surface area contributed by atoms with Gasteiger partial charge >= 0.3 is 0 Å². The fourth-order valence-electron chi connectivity index (χ4n) is 1.61. The van der Waals surface area contributed by atoms with Crippen LogP contribution < -0.4 is 16.4 Å². The number of carbonyl (C=O) groups excluding carboxylic acids is 2. The Labute approximate surface area is 130 Å². The van der Waals surface area contributed by atoms with Gasteiger partial charge in [-0.25, -0.2) is 0 Å². The highest BCUT2D eigenvalue weighted by Gasteiger charge is 2.18. The molecule has 0 fully saturated rings. The van der Waals surface area contributed by atoms with Gasteiger partial charge in [-0.1, -0.05) is 25.4 Å². The highest BCUT2D eigenvalue weighted by atomic mass is 35.5. The van der Waals surface area contributed by atoms with Crippen LogP contribution in [-0.4, -0.2) is 24.4 Å². The Morgan fingerprint density at radius 1 is 1.33 bits per heavy atom. The standard InChI is InChI=1S/C15H22ClN3O2/c1-4-7-18-15(21)12-6-5-11(8-13(12)16)19-14(20)9(2)10(3)17/h5-6,8-10H,4,7,17H2,1-3H3,(H,18,21)(H,19,20). The zero-order valence-corrected chi connectivity index (χ0v) is 13.3. The molecule has 0 saturated carbocycles. The SMILES string of the molecule is CCCNC(=O)c1ccc(NC(=O)C(C)C(C)N)cc1Cl. The maximum absolute atomic E-state index is 11.9. The molecule has 0 radical (unpaired) electrons. The number of rotatable bonds is 6. The number of halogens is 1. The first-order valence-electron chi connectivity index (χ1n) is 7.01. The zero-order valence-electron chi connectivity index (χ0n) is 12.6. The summed E-state index contributed by atoms with van der Waals surface area (Å²) in [6, 6.07) is 4.58. The van der Waals surface area contributed by atoms with Gasteiger partial charge in [-0.05, 0) is 31.5 Å². The normalized spacial score (nSPS) is 13.4. The van der Waals surface area contributed by atoms with Crippen LogP contribution in [0.1, 0.15) is 37.6 Å². The van der Waals surface area contributed by atoms with Crippen molar-refractivity contribution >= 4 is 29.1 Å². The molecule has 2 unspecified atom stereocenters. The summed E-state index contributed by atoms with van der Waals surface area (Å²) in [4.78, 5) is 23.8. The molecule has 4 N–H and O–H groups in total. The van der Waals surface area contributed by atoms with Crippen molar-refractivity contribution < 1.29 is 9.59 Å². The van der Waals surface area contributed by atoms with Gasteiger partial charge in [0.25, 0.3) is 5.91 Å². The van der Waals surface area contributed by atoms with E-state index in [2.05, 4.69) is 10.6 Å². The van der Waals surface area contributed by atoms with Crippen LogP contribution in [0.3, 0.4) is 0 Å². The number of carbonyl (C=O) groups is 2. The lowest BCUT2D eigenvalue weighted by Gasteiger charge is -2.16. The van der Waals surface area contributed by atoms with Crippen molar-refractivity contribution in [2.75, 3.05) is 11.9 Å². The highest BCUT2D eigenvalue weighted by molar-refractivity contribution is 6.34. The summed E-state index contributed by atoms with van der Waals surface area (Å²) in [5.74, 6) is -0.704. The van der Waals surface area contributed by atoms with E-state index < -0.39 is 0 Å². The maximum Gasteiger partial charge on any atom is 0.252 e. The molecular formula is C15H22ClN3O2. The third-order valence-corrected chi connectivity index (χ3v) is 3.53. The summed E-state index contributed by atoms with van der Waals surface area (Å²) in [5, 5.41) is 5.79. The molecule has 0 saturated heterocycles. The third kappa shape index (κ3) is 5.02. The van der Waals surface area contributed by atoms with Gasteiger partial charge in [-0.15, -0.1) is 0 Å². The first-order chi connectivity index (χ1) is 9.86. The van der Waals surface area contributed by atoms with E-state index in [0.717, 1.165) is 6.42 Å². The lowest BCUT2D eigenvalue weighted by molar-refractivity contribution is -0.119. The smallest absolute Gasteiger partial charge is 0.252 e. The van der Waals surface area contributed by atoms with Crippen molar-refractivity contribution in [2.24, 2.45) is 11.7 Å². The summed E-state index contributed by atoms with van der Waals surface area (Å²) in [7, 11) is 0. The molecule has 5 nitrogen and oxygen atoms in total. The molecule has 116 valence electrons. The van der Waals surface area contributed by atoms with Gasteiger partial charge in [0, 0.05) is 18.3 Å². The van der Waals surface area contributed by atoms with Crippen LogP contribution >= 0.6 is 11.6 Å². The molecule has 0 aliphatic rings. The van der Waals surface area contributed by atoms with Crippen LogP contribution in [-0.2, 0) is 4.79 Å². The minimum atomic E-state index is -0.309. The second kappa shape index (κ2) is 8.00. The Bertz CT molecular complexity index is 518. The van der Waals surface area contributed by atoms with Crippen LogP contribution in [0, 0.1) is 5.92 Å². The maximum atomic E-state index is 11.9. The summed E-state index contributed by atoms with van der Waals surface area (Å²) in [6.45, 7) is 6.10. The zero-order chi connectivity index (χ0) is 16.0. The summed E-state index contributed by atoms with van der Waals surface area (Å²) < 4.78 is 0. The van der Waals surface area contributed by atoms with E-state index in [-0.39, 0.29) is 23.8 Å². The summed E-state index contributed by atoms with van der Waals surface area (Å²) in [5.41, 5.74) is 6.63. The first-order valence-corrected chi connectivity index (χ1v) is 7.38. The van der Waals surface area contributed by atoms with E-state index >= 15 is 0 Å². The second-order valence-electron chi connectivity index (χ2n) is 5.09. The Kier molecular flexibility index (Phi) is 6.65. The molecular weight excluding hydrogens is 290 g/mol. The van der Waals surface area contributed by atoms with E-state index in [1.807, 2.05) is 6.92 Å². The van der Waals surface area contributed by atoms with Crippen LogP contribution in [0.25, 0.3) is 0 Å². The fourth-order valence-corrected chi connectivity index (χ4v) is 1.87. The van der Waals surface area contributed by atoms with Crippen molar-refractivity contribution in [1.29, 1.82) is 0 Å². The molecule has 0 heterocycles. The van der Waals surface area contributed by atoms with Crippen molar-refractivity contribution in [3.63, 3.8) is 0 Å². The van der Waals surface area contributed by atoms with E-state index in [9.17, 15) is 9.59 Å². The number of benzene rings is 1. The molecule has 6 heteroatoms. The van der Waals surface area contributed by atoms with Crippen molar-refractivity contribution in [3.8, 4) is 0 Å². The molecule has 2 atom stereocenters. The van der Waals surface area contributed by atoms with Crippen LogP contribution in [0.15, 0.2) is 18.2 Å². The van der Waals surface area contributed by atoms with E-state index in [0.29, 0.717) is 22.8 Å². The van der Waals surface area contributed by atoms with Crippen molar-refractivity contribution in [3.05, 3.63) is 28.8 Å². The summed E-state index contributed by atoms with van der Waals surface area (Å²) in [6.07, 6.45) is 0.854. The molecule has 0 aromatic heterocycles. The Morgan fingerprint density at radius 2 is 2.00 bits per heavy atom. The molecule has 1 rings (SSSR count). The largest absolute Gasteiger partial charge is 0.352 e. The van der Waals surface area contributed by atoms with Crippen molar-refractivity contribution in [2.45, 2.75) is 33.2 Å². The lowest BCUT2D eigenvalue weighted by Crippen LogP contribution is -2.34. The number of anilines is 1. The monoisotopic (exact) mass is 311 g/mol. The average molecular weight is 312 g/mol. The number of hydrogen-bond acceptors (Lipinski definition) is 3. The van der Waals surface area contributed by atoms with Gasteiger partial charge in [0.05, 0.1) is 16.5 Å². The minimum absolute atomic E-state index is 0.177. The van der Waals surface area contributed by atoms with Gasteiger partial charge in [0.2, 0.25) is 5.91 Å². The minimum Gasteiger partial charge on any atom is -0.352 e. The lowest BCUT2D eigenvalue weighted by atomic mass is 10.0. The van der Waals surface area contributed by atoms with E-state index in [1.54, 1.807) is 32.0 Å². The molecule has 1 aromatic carbocycles. The average Bonchev–Trinajstić information content (AvgIpc) is 2.43. The number of hydrogen-bond donors (Lipinski definition) is 3. The van der Waals surface area contributed by atoms with Crippen LogP contribution in [0.5, 0.6) is 0 Å². The van der Waals surface area contributed by atoms with Gasteiger partial charge in [-0.2, -0.15) is 0 Å². The van der Waals surface area contributed by atoms with Gasteiger partial charge in [0.15, 0.2) is 0 Å². The second-order valence-corrected chi connectivity index (χ2v) is 5.49. The molecule has 21 heavy (non-hydrogen) atoms. The molecule has 0 aliphatic carbocycles. The quantitative estimate of drug-likeness (QED) is 0.754. The highest BCUT2D eigenvalue weighted by Crippen LogP contribution is 2.21. The number of nitrogens with one attached hydrogen (secondary N) is 2. The van der Waals surface area contributed by atoms with Crippen LogP contribution in [0.2, 0.25) is 5.02 Å². The predicted octanol–water partition coefficient (Wildman–Crippen LogP) is 2.40. The third-order valence-electron chi connectivity index (χ3n) is 3.22. The van der Waals surface area contributed by atoms with Gasteiger partial charge in [0.1, 0.15) is 0 Å². The topological polar surface area (TPSA) is 84.2 Å². The molecule has 0 aliphatic heterocycles. The molecule has 1 aromatic rings. The molecule has 0 bridgehead atoms. The number of amides is 2. The van der Waals surface area contributed by atoms with E-state index in [4.69, 9.17) is 17.3 Å². The van der Waals surface area contributed by atoms with E-state index in [1.165, 1.54) is 0 Å². The molecule has 2 amide bonds. The number of nitrogens with two attached hydrogens (primary N) is 1. The Morgan fingerprint density at radius 3 is 2.52 bits per heavy atom. The van der Waals surface area contributed by atoms with Crippen LogP contribution in [0.4, 0.5) is 5.69 Å². The fraction of sp³-hybridized carbons (Fsp3) is 0.467. The summed E-state index contributed by atoms with van der Waals surface area (Å²) >= 11 is 6.09. The first kappa shape index (κ1) is 17.5. The van der Waals surface area contributed by atoms with Gasteiger partial charge < -0.3 is 16.4 Å². The molecule has 0 spiro atoms.